The number of hydrogen-bond donors (Lipinski definition) is 0. The Morgan fingerprint density at radius 1 is 0.632 bits per heavy atom. The quantitative estimate of drug-likeness (QED) is 0.452. The lowest BCUT2D eigenvalue weighted by molar-refractivity contribution is -0.228. The summed E-state index contributed by atoms with van der Waals surface area (Å²) in [5, 5.41) is 3.39. The lowest BCUT2D eigenvalue weighted by Gasteiger charge is -2.30. The highest BCUT2D eigenvalue weighted by Crippen LogP contribution is 2.24. The van der Waals surface area contributed by atoms with Crippen molar-refractivity contribution >= 4 is 11.9 Å². The lowest BCUT2D eigenvalue weighted by atomic mass is 10.0. The van der Waals surface area contributed by atoms with Crippen LogP contribution in [0.4, 0.5) is 0 Å². The molecule has 38 heavy (non-hydrogen) atoms. The van der Waals surface area contributed by atoms with E-state index in [1.807, 2.05) is 48.5 Å². The maximum atomic E-state index is 12.9. The largest absolute Gasteiger partial charge is 0.497 e. The summed E-state index contributed by atoms with van der Waals surface area (Å²) in [5.74, 6) is -0.308. The summed E-state index contributed by atoms with van der Waals surface area (Å²) in [4.78, 5) is 37.1. The summed E-state index contributed by atoms with van der Waals surface area (Å²) in [7, 11) is 3.29. The highest BCUT2D eigenvalue weighted by Gasteiger charge is 2.32. The van der Waals surface area contributed by atoms with Crippen molar-refractivity contribution in [3.8, 4) is 11.5 Å². The second kappa shape index (κ2) is 14.2. The van der Waals surface area contributed by atoms with Crippen molar-refractivity contribution in [1.29, 1.82) is 0 Å². The van der Waals surface area contributed by atoms with Crippen molar-refractivity contribution in [3.63, 3.8) is 0 Å². The van der Waals surface area contributed by atoms with Crippen molar-refractivity contribution in [2.75, 3.05) is 27.3 Å². The lowest BCUT2D eigenvalue weighted by Crippen LogP contribution is -2.43. The molecule has 0 spiro atoms. The van der Waals surface area contributed by atoms with Gasteiger partial charge in [0, 0.05) is 13.1 Å². The summed E-state index contributed by atoms with van der Waals surface area (Å²) < 4.78 is 10.5. The summed E-state index contributed by atoms with van der Waals surface area (Å²) in [6.07, 6.45) is 9.31. The van der Waals surface area contributed by atoms with Crippen LogP contribution in [0.25, 0.3) is 0 Å². The highest BCUT2D eigenvalue weighted by molar-refractivity contribution is 6.29. The van der Waals surface area contributed by atoms with Crippen LogP contribution in [-0.4, -0.2) is 61.5 Å². The molecular weight excluding hydrogens is 484 g/mol. The van der Waals surface area contributed by atoms with Gasteiger partial charge >= 0.3 is 11.9 Å². The van der Waals surface area contributed by atoms with E-state index in [-0.39, 0.29) is 12.1 Å². The molecule has 2 aliphatic heterocycles. The van der Waals surface area contributed by atoms with Gasteiger partial charge in [0.15, 0.2) is 0 Å². The first-order chi connectivity index (χ1) is 18.6. The molecule has 2 aliphatic rings. The van der Waals surface area contributed by atoms with Crippen LogP contribution >= 0.6 is 0 Å². The standard InChI is InChI=1S/C30H40N2O6/c1-35-27-15-11-23(12-16-27)21-25-9-5-3-7-19-31(25)37-29(33)30(34)38-32-20-8-4-6-10-26(32)22-24-13-17-28(36-2)18-14-24/h11-18,25-26H,3-10,19-22H2,1-2H3. The van der Waals surface area contributed by atoms with E-state index in [0.29, 0.717) is 13.1 Å². The average molecular weight is 525 g/mol. The van der Waals surface area contributed by atoms with Gasteiger partial charge in [0.1, 0.15) is 11.5 Å². The first kappa shape index (κ1) is 27.9. The molecule has 0 amide bonds. The number of methoxy groups -OCH3 is 2. The molecule has 2 fully saturated rings. The number of rotatable bonds is 8. The van der Waals surface area contributed by atoms with Gasteiger partial charge in [-0.25, -0.2) is 9.59 Å². The van der Waals surface area contributed by atoms with E-state index in [1.165, 1.54) is 0 Å². The maximum Gasteiger partial charge on any atom is 0.438 e. The summed E-state index contributed by atoms with van der Waals surface area (Å²) in [5.41, 5.74) is 2.26. The van der Waals surface area contributed by atoms with Crippen LogP contribution in [0.3, 0.4) is 0 Å². The number of carbonyl (C=O) groups is 2. The Hall–Kier alpha value is -3.10. The zero-order valence-corrected chi connectivity index (χ0v) is 22.6. The topological polar surface area (TPSA) is 77.5 Å². The highest BCUT2D eigenvalue weighted by atomic mass is 16.8. The monoisotopic (exact) mass is 524 g/mol. The van der Waals surface area contributed by atoms with E-state index in [2.05, 4.69) is 0 Å². The van der Waals surface area contributed by atoms with Crippen LogP contribution in [0.1, 0.15) is 62.5 Å². The smallest absolute Gasteiger partial charge is 0.438 e. The van der Waals surface area contributed by atoms with Gasteiger partial charge in [-0.05, 0) is 73.9 Å². The van der Waals surface area contributed by atoms with Crippen molar-refractivity contribution in [3.05, 3.63) is 59.7 Å². The summed E-state index contributed by atoms with van der Waals surface area (Å²) in [6.45, 7) is 1.20. The van der Waals surface area contributed by atoms with E-state index in [1.54, 1.807) is 24.3 Å². The number of nitrogens with zero attached hydrogens (tertiary/aromatic N) is 2. The van der Waals surface area contributed by atoms with E-state index in [4.69, 9.17) is 19.1 Å². The Balaban J connectivity index is 1.37. The van der Waals surface area contributed by atoms with Gasteiger partial charge in [0.25, 0.3) is 0 Å². The van der Waals surface area contributed by atoms with Gasteiger partial charge < -0.3 is 19.1 Å². The molecule has 2 atom stereocenters. The molecule has 2 aromatic rings. The molecule has 2 heterocycles. The van der Waals surface area contributed by atoms with Gasteiger partial charge in [-0.3, -0.25) is 0 Å². The fourth-order valence-electron chi connectivity index (χ4n) is 5.30. The summed E-state index contributed by atoms with van der Waals surface area (Å²) in [6, 6.07) is 15.9. The van der Waals surface area contributed by atoms with Crippen molar-refractivity contribution < 1.29 is 28.7 Å². The van der Waals surface area contributed by atoms with E-state index in [0.717, 1.165) is 86.8 Å². The Labute approximate surface area is 225 Å². The fourth-order valence-corrected chi connectivity index (χ4v) is 5.30. The number of ether oxygens (including phenoxy) is 2. The maximum absolute atomic E-state index is 12.9. The fraction of sp³-hybridized carbons (Fsp3) is 0.533. The SMILES string of the molecule is COc1ccc(CC2CCCCCN2OC(=O)C(=O)ON2CCCCCC2Cc2ccc(OC)cc2)cc1. The van der Waals surface area contributed by atoms with Gasteiger partial charge in [-0.1, -0.05) is 49.9 Å². The van der Waals surface area contributed by atoms with Crippen LogP contribution in [0.2, 0.25) is 0 Å². The van der Waals surface area contributed by atoms with E-state index >= 15 is 0 Å². The second-order valence-electron chi connectivity index (χ2n) is 10.1. The number of carbonyl (C=O) groups excluding carboxylic acids is 2. The predicted molar refractivity (Wildman–Crippen MR) is 144 cm³/mol. The molecule has 2 unspecified atom stereocenters. The Kier molecular flexibility index (Phi) is 10.4. The van der Waals surface area contributed by atoms with Crippen LogP contribution in [0.5, 0.6) is 11.5 Å². The van der Waals surface area contributed by atoms with Crippen LogP contribution in [0.15, 0.2) is 48.5 Å². The van der Waals surface area contributed by atoms with E-state index in [9.17, 15) is 9.59 Å². The Morgan fingerprint density at radius 2 is 1.03 bits per heavy atom. The molecule has 2 saturated heterocycles. The average Bonchev–Trinajstić information content (AvgIpc) is 3.30. The second-order valence-corrected chi connectivity index (χ2v) is 10.1. The normalized spacial score (nSPS) is 21.1. The third kappa shape index (κ3) is 7.95. The van der Waals surface area contributed by atoms with Crippen LogP contribution in [-0.2, 0) is 32.1 Å². The molecule has 2 aromatic carbocycles. The molecule has 0 aromatic heterocycles. The first-order valence-electron chi connectivity index (χ1n) is 13.8. The van der Waals surface area contributed by atoms with Gasteiger partial charge in [0.2, 0.25) is 0 Å². The van der Waals surface area contributed by atoms with Gasteiger partial charge in [-0.15, -0.1) is 10.1 Å². The van der Waals surface area contributed by atoms with E-state index < -0.39 is 11.9 Å². The molecule has 0 radical (unpaired) electrons. The summed E-state index contributed by atoms with van der Waals surface area (Å²) >= 11 is 0. The van der Waals surface area contributed by atoms with Crippen molar-refractivity contribution in [2.24, 2.45) is 0 Å². The van der Waals surface area contributed by atoms with Gasteiger partial charge in [0.05, 0.1) is 26.3 Å². The molecule has 0 aliphatic carbocycles. The minimum Gasteiger partial charge on any atom is -0.497 e. The number of benzene rings is 2. The van der Waals surface area contributed by atoms with Gasteiger partial charge in [-0.2, -0.15) is 0 Å². The first-order valence-corrected chi connectivity index (χ1v) is 13.8. The third-order valence-electron chi connectivity index (χ3n) is 7.47. The van der Waals surface area contributed by atoms with Crippen molar-refractivity contribution in [2.45, 2.75) is 76.3 Å². The molecule has 8 nitrogen and oxygen atoms in total. The molecule has 206 valence electrons. The number of hydroxylamine groups is 4. The Bertz CT molecular complexity index is 943. The minimum atomic E-state index is -0.959. The third-order valence-corrected chi connectivity index (χ3v) is 7.47. The van der Waals surface area contributed by atoms with Crippen molar-refractivity contribution in [1.82, 2.24) is 10.1 Å². The van der Waals surface area contributed by atoms with Crippen LogP contribution < -0.4 is 9.47 Å². The minimum absolute atomic E-state index is 0.00338. The molecule has 0 N–H and O–H groups in total. The zero-order chi connectivity index (χ0) is 26.7. The molecule has 8 heteroatoms. The van der Waals surface area contributed by atoms with Crippen LogP contribution in [0, 0.1) is 0 Å². The molecule has 0 bridgehead atoms. The Morgan fingerprint density at radius 3 is 1.39 bits per heavy atom. The number of hydrogen-bond acceptors (Lipinski definition) is 8. The molecular formula is C30H40N2O6. The predicted octanol–water partition coefficient (Wildman–Crippen LogP) is 4.89. The molecule has 0 saturated carbocycles. The molecule has 4 rings (SSSR count). The zero-order valence-electron chi connectivity index (χ0n) is 22.6.